The molecule has 44 heavy (non-hydrogen) atoms. The number of benzene rings is 1. The number of thiazole rings is 1. The number of carbonyl (C=O) groups excluding carboxylic acids is 1. The topological polar surface area (TPSA) is 111 Å². The zero-order chi connectivity index (χ0) is 31.0. The Morgan fingerprint density at radius 1 is 1.14 bits per heavy atom. The molecular weight excluding hydrogens is 577 g/mol. The van der Waals surface area contributed by atoms with E-state index >= 15 is 0 Å². The van der Waals surface area contributed by atoms with Crippen molar-refractivity contribution < 1.29 is 14.3 Å². The van der Waals surface area contributed by atoms with Crippen LogP contribution in [0.25, 0.3) is 21.5 Å². The van der Waals surface area contributed by atoms with E-state index in [4.69, 9.17) is 9.97 Å². The predicted octanol–water partition coefficient (Wildman–Crippen LogP) is 5.65. The number of aliphatic hydroxyl groups is 1. The first-order chi connectivity index (χ1) is 21.0. The minimum Gasteiger partial charge on any atom is -0.393 e. The largest absolute Gasteiger partial charge is 0.393 e. The van der Waals surface area contributed by atoms with Crippen molar-refractivity contribution in [2.75, 3.05) is 19.6 Å². The smallest absolute Gasteiger partial charge is 0.283 e. The molecule has 8 nitrogen and oxygen atoms in total. The number of rotatable bonds is 7. The number of aromatic amines is 1. The first-order valence-corrected chi connectivity index (χ1v) is 16.3. The molecule has 2 atom stereocenters. The molecule has 1 unspecified atom stereocenters. The molecule has 4 heterocycles. The average molecular weight is 618 g/mol. The van der Waals surface area contributed by atoms with Crippen LogP contribution >= 0.6 is 11.3 Å². The summed E-state index contributed by atoms with van der Waals surface area (Å²) >= 11 is 1.33. The van der Waals surface area contributed by atoms with E-state index in [2.05, 4.69) is 42.0 Å². The highest BCUT2D eigenvalue weighted by Gasteiger charge is 2.30. The number of aliphatic hydroxyl groups excluding tert-OH is 1. The van der Waals surface area contributed by atoms with Crippen molar-refractivity contribution in [3.05, 3.63) is 80.6 Å². The van der Waals surface area contributed by atoms with Crippen molar-refractivity contribution in [1.29, 1.82) is 0 Å². The lowest BCUT2D eigenvalue weighted by Crippen LogP contribution is -2.38. The molecule has 232 valence electrons. The predicted molar refractivity (Wildman–Crippen MR) is 171 cm³/mol. The van der Waals surface area contributed by atoms with Crippen LogP contribution in [0.2, 0.25) is 0 Å². The van der Waals surface area contributed by atoms with Crippen LogP contribution < -0.4 is 10.9 Å². The lowest BCUT2D eigenvalue weighted by atomic mass is 9.71. The van der Waals surface area contributed by atoms with Crippen molar-refractivity contribution in [1.82, 2.24) is 25.2 Å². The van der Waals surface area contributed by atoms with Crippen LogP contribution in [0.15, 0.2) is 47.4 Å². The van der Waals surface area contributed by atoms with Gasteiger partial charge in [0.15, 0.2) is 10.8 Å². The molecular formula is C34H40FN5O3S. The number of amides is 1. The molecule has 2 aliphatic rings. The van der Waals surface area contributed by atoms with Crippen LogP contribution in [-0.2, 0) is 12.8 Å². The van der Waals surface area contributed by atoms with Crippen molar-refractivity contribution in [2.24, 2.45) is 11.3 Å². The highest BCUT2D eigenvalue weighted by Crippen LogP contribution is 2.38. The third-order valence-corrected chi connectivity index (χ3v) is 10.2. The Morgan fingerprint density at radius 2 is 1.89 bits per heavy atom. The van der Waals surface area contributed by atoms with Gasteiger partial charge in [-0.1, -0.05) is 56.4 Å². The lowest BCUT2D eigenvalue weighted by Gasteiger charge is -2.34. The summed E-state index contributed by atoms with van der Waals surface area (Å²) in [6, 6.07) is 10.7. The number of pyridine rings is 2. The molecule has 1 amide bonds. The van der Waals surface area contributed by atoms with Gasteiger partial charge in [-0.3, -0.25) is 9.59 Å². The monoisotopic (exact) mass is 617 g/mol. The summed E-state index contributed by atoms with van der Waals surface area (Å²) in [4.78, 5) is 40.3. The van der Waals surface area contributed by atoms with Crippen LogP contribution in [0.4, 0.5) is 4.39 Å². The molecule has 4 aromatic rings. The number of aryl methyl sites for hydroxylation is 1. The van der Waals surface area contributed by atoms with Gasteiger partial charge in [-0.15, -0.1) is 0 Å². The van der Waals surface area contributed by atoms with Crippen LogP contribution in [-0.4, -0.2) is 56.6 Å². The molecule has 1 fully saturated rings. The fourth-order valence-electron chi connectivity index (χ4n) is 6.38. The number of halogens is 1. The van der Waals surface area contributed by atoms with Crippen molar-refractivity contribution in [2.45, 2.75) is 71.4 Å². The third-order valence-electron chi connectivity index (χ3n) is 9.27. The summed E-state index contributed by atoms with van der Waals surface area (Å²) in [7, 11) is 0. The lowest BCUT2D eigenvalue weighted by molar-refractivity contribution is 0.0795. The van der Waals surface area contributed by atoms with Gasteiger partial charge < -0.3 is 20.3 Å². The summed E-state index contributed by atoms with van der Waals surface area (Å²) in [5, 5.41) is 13.5. The molecule has 3 N–H and O–H groups in total. The van der Waals surface area contributed by atoms with E-state index in [9.17, 15) is 19.1 Å². The molecule has 1 aliphatic carbocycles. The number of H-pyrrole nitrogens is 1. The number of nitrogens with zero attached hydrogens (tertiary/aromatic N) is 3. The van der Waals surface area contributed by atoms with Gasteiger partial charge in [0.05, 0.1) is 12.1 Å². The Balaban J connectivity index is 1.22. The summed E-state index contributed by atoms with van der Waals surface area (Å²) in [6.07, 6.45) is 6.48. The van der Waals surface area contributed by atoms with Gasteiger partial charge in [-0.2, -0.15) is 0 Å². The molecule has 10 heteroatoms. The Morgan fingerprint density at radius 3 is 2.59 bits per heavy atom. The number of hydrogen-bond donors (Lipinski definition) is 3. The standard InChI is InChI=1S/C34H40FN5O3S/c1-34(2,3)24-8-9-27-22(16-24)18-29-32(38-27)44-33(39-29)31(43)37-28(12-15-40-13-10-25(41)11-14-40)21-6-4-20(5-7-21)23-17-26(35)30(42)36-19-23/h4-7,17-19,24-25,28,41H,8-16H2,1-3H3,(H,36,42)(H,37,43)/t24-,28?/m0/s1. The second kappa shape index (κ2) is 12.5. The minimum absolute atomic E-state index is 0.232. The second-order valence-electron chi connectivity index (χ2n) is 13.3. The number of aromatic nitrogens is 3. The van der Waals surface area contributed by atoms with Crippen LogP contribution in [0.5, 0.6) is 0 Å². The molecule has 0 saturated carbocycles. The molecule has 0 bridgehead atoms. The normalized spacial score (nSPS) is 18.7. The fraction of sp³-hybridized carbons (Fsp3) is 0.471. The molecule has 1 saturated heterocycles. The van der Waals surface area contributed by atoms with E-state index in [-0.39, 0.29) is 23.5 Å². The average Bonchev–Trinajstić information content (AvgIpc) is 3.42. The Hall–Kier alpha value is -3.47. The van der Waals surface area contributed by atoms with Gasteiger partial charge in [0.2, 0.25) is 0 Å². The Labute approximate surface area is 260 Å². The summed E-state index contributed by atoms with van der Waals surface area (Å²) in [6.45, 7) is 9.30. The van der Waals surface area contributed by atoms with E-state index in [1.807, 2.05) is 24.3 Å². The molecule has 3 aromatic heterocycles. The number of carbonyl (C=O) groups is 1. The van der Waals surface area contributed by atoms with Gasteiger partial charge in [-0.25, -0.2) is 14.4 Å². The van der Waals surface area contributed by atoms with Gasteiger partial charge in [0, 0.05) is 37.1 Å². The summed E-state index contributed by atoms with van der Waals surface area (Å²) in [5.41, 5.74) is 4.87. The Bertz CT molecular complexity index is 1700. The van der Waals surface area contributed by atoms with Gasteiger partial charge in [0.25, 0.3) is 11.5 Å². The fourth-order valence-corrected chi connectivity index (χ4v) is 7.22. The third kappa shape index (κ3) is 6.77. The van der Waals surface area contributed by atoms with E-state index in [1.165, 1.54) is 29.2 Å². The number of hydrogen-bond acceptors (Lipinski definition) is 7. The molecule has 1 aliphatic heterocycles. The van der Waals surface area contributed by atoms with Gasteiger partial charge in [-0.05, 0) is 78.7 Å². The summed E-state index contributed by atoms with van der Waals surface area (Å²) in [5.74, 6) is -0.470. The molecule has 0 radical (unpaired) electrons. The number of fused-ring (bicyclic) bond motifs is 2. The van der Waals surface area contributed by atoms with E-state index in [0.29, 0.717) is 22.9 Å². The van der Waals surface area contributed by atoms with Crippen molar-refractivity contribution in [3.63, 3.8) is 0 Å². The minimum atomic E-state index is -0.830. The molecule has 6 rings (SSSR count). The van der Waals surface area contributed by atoms with E-state index in [0.717, 1.165) is 78.9 Å². The number of likely N-dealkylation sites (tertiary alicyclic amines) is 1. The van der Waals surface area contributed by atoms with Crippen molar-refractivity contribution in [3.8, 4) is 11.1 Å². The highest BCUT2D eigenvalue weighted by molar-refractivity contribution is 7.19. The maximum absolute atomic E-state index is 13.9. The van der Waals surface area contributed by atoms with Crippen LogP contribution in [0.3, 0.4) is 0 Å². The first-order valence-electron chi connectivity index (χ1n) is 15.5. The van der Waals surface area contributed by atoms with Crippen LogP contribution in [0.1, 0.15) is 79.1 Å². The summed E-state index contributed by atoms with van der Waals surface area (Å²) < 4.78 is 13.9. The maximum atomic E-state index is 13.9. The number of nitrogens with one attached hydrogen (secondary N) is 2. The Kier molecular flexibility index (Phi) is 8.68. The van der Waals surface area contributed by atoms with Crippen molar-refractivity contribution >= 4 is 27.6 Å². The first kappa shape index (κ1) is 30.6. The van der Waals surface area contributed by atoms with Gasteiger partial charge >= 0.3 is 0 Å². The van der Waals surface area contributed by atoms with Gasteiger partial charge in [0.1, 0.15) is 10.3 Å². The number of piperidine rings is 1. The zero-order valence-corrected chi connectivity index (χ0v) is 26.3. The molecule has 1 aromatic carbocycles. The molecule has 0 spiro atoms. The quantitative estimate of drug-likeness (QED) is 0.247. The maximum Gasteiger partial charge on any atom is 0.283 e. The second-order valence-corrected chi connectivity index (χ2v) is 14.3. The van der Waals surface area contributed by atoms with E-state index in [1.54, 1.807) is 0 Å². The highest BCUT2D eigenvalue weighted by atomic mass is 32.1. The SMILES string of the molecule is CC(C)(C)[C@H]1CCc2nc3sc(C(=O)NC(CCN4CCC(O)CC4)c4ccc(-c5c[nH]c(=O)c(F)c5)cc4)nc3cc2C1. The van der Waals surface area contributed by atoms with E-state index < -0.39 is 11.4 Å². The zero-order valence-electron chi connectivity index (χ0n) is 25.5. The van der Waals surface area contributed by atoms with Crippen LogP contribution in [0, 0.1) is 17.2 Å².